The van der Waals surface area contributed by atoms with Gasteiger partial charge in [-0.15, -0.1) is 0 Å². The molecule has 0 saturated carbocycles. The highest BCUT2D eigenvalue weighted by Gasteiger charge is 2.04. The number of nitrogens with one attached hydrogen (secondary N) is 1. The molecular weight excluding hydrogens is 208 g/mol. The van der Waals surface area contributed by atoms with Gasteiger partial charge < -0.3 is 10.4 Å². The number of nitrogens with zero attached hydrogens (tertiary/aromatic N) is 1. The first-order valence-electron chi connectivity index (χ1n) is 5.26. The zero-order chi connectivity index (χ0) is 12.0. The summed E-state index contributed by atoms with van der Waals surface area (Å²) in [5.74, 6) is 0. The molecule has 2 N–H and O–H groups in total. The summed E-state index contributed by atoms with van der Waals surface area (Å²) < 4.78 is 0. The van der Waals surface area contributed by atoms with Gasteiger partial charge in [-0.05, 0) is 25.8 Å². The molecule has 0 aromatic heterocycles. The summed E-state index contributed by atoms with van der Waals surface area (Å²) in [6.45, 7) is 2.44. The molecule has 0 fully saturated rings. The van der Waals surface area contributed by atoms with E-state index >= 15 is 0 Å². The molecule has 5 nitrogen and oxygen atoms in total. The number of aliphatic hydroxyl groups excluding tert-OH is 1. The fraction of sp³-hybridized carbons (Fsp3) is 0.455. The number of hydrogen-bond donors (Lipinski definition) is 2. The first kappa shape index (κ1) is 12.4. The van der Waals surface area contributed by atoms with Gasteiger partial charge in [0.25, 0.3) is 5.69 Å². The van der Waals surface area contributed by atoms with Crippen molar-refractivity contribution in [3.05, 3.63) is 34.4 Å². The van der Waals surface area contributed by atoms with Gasteiger partial charge in [0.05, 0.1) is 11.0 Å². The SMILES string of the molecule is CC(O)CCCNc1cccc([N+](=O)[O-])c1. The van der Waals surface area contributed by atoms with Crippen molar-refractivity contribution >= 4 is 11.4 Å². The molecule has 0 amide bonds. The van der Waals surface area contributed by atoms with Crippen LogP contribution in [0.4, 0.5) is 11.4 Å². The molecule has 0 saturated heterocycles. The largest absolute Gasteiger partial charge is 0.393 e. The lowest BCUT2D eigenvalue weighted by Crippen LogP contribution is -2.06. The molecule has 0 aliphatic heterocycles. The molecule has 88 valence electrons. The summed E-state index contributed by atoms with van der Waals surface area (Å²) in [6, 6.07) is 6.40. The lowest BCUT2D eigenvalue weighted by Gasteiger charge is -2.07. The lowest BCUT2D eigenvalue weighted by molar-refractivity contribution is -0.384. The Morgan fingerprint density at radius 3 is 2.94 bits per heavy atom. The van der Waals surface area contributed by atoms with Crippen molar-refractivity contribution in [1.29, 1.82) is 0 Å². The summed E-state index contributed by atoms with van der Waals surface area (Å²) in [7, 11) is 0. The minimum atomic E-state index is -0.416. The van der Waals surface area contributed by atoms with Crippen LogP contribution in [0.2, 0.25) is 0 Å². The monoisotopic (exact) mass is 224 g/mol. The Balaban J connectivity index is 2.42. The predicted molar refractivity (Wildman–Crippen MR) is 62.5 cm³/mol. The Morgan fingerprint density at radius 2 is 2.31 bits per heavy atom. The van der Waals surface area contributed by atoms with E-state index in [9.17, 15) is 10.1 Å². The van der Waals surface area contributed by atoms with Crippen LogP contribution < -0.4 is 5.32 Å². The minimum absolute atomic E-state index is 0.0838. The second kappa shape index (κ2) is 6.07. The number of rotatable bonds is 6. The molecule has 0 heterocycles. The third kappa shape index (κ3) is 4.27. The van der Waals surface area contributed by atoms with Crippen LogP contribution in [0.5, 0.6) is 0 Å². The number of nitro groups is 1. The molecule has 5 heteroatoms. The van der Waals surface area contributed by atoms with Crippen molar-refractivity contribution in [2.45, 2.75) is 25.9 Å². The van der Waals surface area contributed by atoms with Crippen LogP contribution in [0.15, 0.2) is 24.3 Å². The topological polar surface area (TPSA) is 75.4 Å². The fourth-order valence-corrected chi connectivity index (χ4v) is 1.36. The predicted octanol–water partition coefficient (Wildman–Crippen LogP) is 2.17. The van der Waals surface area contributed by atoms with Gasteiger partial charge in [-0.2, -0.15) is 0 Å². The van der Waals surface area contributed by atoms with E-state index in [1.54, 1.807) is 19.1 Å². The van der Waals surface area contributed by atoms with Gasteiger partial charge in [-0.25, -0.2) is 0 Å². The van der Waals surface area contributed by atoms with Crippen molar-refractivity contribution in [3.63, 3.8) is 0 Å². The van der Waals surface area contributed by atoms with E-state index in [1.807, 2.05) is 0 Å². The smallest absolute Gasteiger partial charge is 0.271 e. The Hall–Kier alpha value is -1.62. The second-order valence-electron chi connectivity index (χ2n) is 3.73. The zero-order valence-corrected chi connectivity index (χ0v) is 9.22. The third-order valence-corrected chi connectivity index (χ3v) is 2.18. The molecular formula is C11H16N2O3. The summed E-state index contributed by atoms with van der Waals surface area (Å²) in [5.41, 5.74) is 0.820. The molecule has 16 heavy (non-hydrogen) atoms. The summed E-state index contributed by atoms with van der Waals surface area (Å²) in [4.78, 5) is 10.1. The summed E-state index contributed by atoms with van der Waals surface area (Å²) in [6.07, 6.45) is 1.26. The molecule has 0 aliphatic rings. The van der Waals surface area contributed by atoms with Crippen LogP contribution >= 0.6 is 0 Å². The van der Waals surface area contributed by atoms with E-state index < -0.39 is 4.92 Å². The van der Waals surface area contributed by atoms with E-state index in [-0.39, 0.29) is 11.8 Å². The zero-order valence-electron chi connectivity index (χ0n) is 9.22. The van der Waals surface area contributed by atoms with Crippen molar-refractivity contribution in [2.24, 2.45) is 0 Å². The maximum Gasteiger partial charge on any atom is 0.271 e. The van der Waals surface area contributed by atoms with E-state index in [4.69, 9.17) is 5.11 Å². The highest BCUT2D eigenvalue weighted by Crippen LogP contribution is 2.16. The minimum Gasteiger partial charge on any atom is -0.393 e. The van der Waals surface area contributed by atoms with Crippen LogP contribution in [0.1, 0.15) is 19.8 Å². The maximum absolute atomic E-state index is 10.5. The highest BCUT2D eigenvalue weighted by atomic mass is 16.6. The van der Waals surface area contributed by atoms with E-state index in [1.165, 1.54) is 12.1 Å². The molecule has 1 unspecified atom stereocenters. The number of aliphatic hydroxyl groups is 1. The fourth-order valence-electron chi connectivity index (χ4n) is 1.36. The number of benzene rings is 1. The van der Waals surface area contributed by atoms with Crippen molar-refractivity contribution in [1.82, 2.24) is 0 Å². The molecule has 0 aliphatic carbocycles. The van der Waals surface area contributed by atoms with Gasteiger partial charge in [-0.3, -0.25) is 10.1 Å². The van der Waals surface area contributed by atoms with Gasteiger partial charge >= 0.3 is 0 Å². The molecule has 0 bridgehead atoms. The molecule has 1 aromatic rings. The first-order chi connectivity index (χ1) is 7.59. The molecule has 1 rings (SSSR count). The number of nitro benzene ring substituents is 1. The van der Waals surface area contributed by atoms with Crippen molar-refractivity contribution < 1.29 is 10.0 Å². The molecule has 0 spiro atoms. The summed E-state index contributed by atoms with van der Waals surface area (Å²) >= 11 is 0. The van der Waals surface area contributed by atoms with Crippen LogP contribution in [0.3, 0.4) is 0 Å². The van der Waals surface area contributed by atoms with Gasteiger partial charge in [-0.1, -0.05) is 6.07 Å². The van der Waals surface area contributed by atoms with Gasteiger partial charge in [0.2, 0.25) is 0 Å². The summed E-state index contributed by atoms with van der Waals surface area (Å²) in [5, 5.41) is 22.6. The molecule has 1 atom stereocenters. The number of anilines is 1. The molecule has 0 radical (unpaired) electrons. The Bertz CT molecular complexity index is 353. The van der Waals surface area contributed by atoms with Crippen LogP contribution in [0, 0.1) is 10.1 Å². The van der Waals surface area contributed by atoms with Gasteiger partial charge in [0.15, 0.2) is 0 Å². The Morgan fingerprint density at radius 1 is 1.56 bits per heavy atom. The van der Waals surface area contributed by atoms with Crippen LogP contribution in [-0.4, -0.2) is 22.7 Å². The average Bonchev–Trinajstić information content (AvgIpc) is 2.24. The standard InChI is InChI=1S/C11H16N2O3/c1-9(14)4-3-7-12-10-5-2-6-11(8-10)13(15)16/h2,5-6,8-9,12,14H,3-4,7H2,1H3. The Kier molecular flexibility index (Phi) is 4.72. The van der Waals surface area contributed by atoms with Crippen molar-refractivity contribution in [2.75, 3.05) is 11.9 Å². The average molecular weight is 224 g/mol. The van der Waals surface area contributed by atoms with Gasteiger partial charge in [0.1, 0.15) is 0 Å². The van der Waals surface area contributed by atoms with Gasteiger partial charge in [0, 0.05) is 24.4 Å². The lowest BCUT2D eigenvalue weighted by atomic mass is 10.2. The number of non-ortho nitro benzene ring substituents is 1. The first-order valence-corrected chi connectivity index (χ1v) is 5.26. The van der Waals surface area contributed by atoms with E-state index in [0.717, 1.165) is 18.5 Å². The van der Waals surface area contributed by atoms with Crippen LogP contribution in [-0.2, 0) is 0 Å². The molecule has 1 aromatic carbocycles. The van der Waals surface area contributed by atoms with E-state index in [2.05, 4.69) is 5.32 Å². The second-order valence-corrected chi connectivity index (χ2v) is 3.73. The quantitative estimate of drug-likeness (QED) is 0.441. The van der Waals surface area contributed by atoms with Crippen LogP contribution in [0.25, 0.3) is 0 Å². The van der Waals surface area contributed by atoms with Crippen molar-refractivity contribution in [3.8, 4) is 0 Å². The third-order valence-electron chi connectivity index (χ3n) is 2.18. The number of hydrogen-bond acceptors (Lipinski definition) is 4. The van der Waals surface area contributed by atoms with E-state index in [0.29, 0.717) is 6.54 Å². The Labute approximate surface area is 94.3 Å². The maximum atomic E-state index is 10.5. The normalized spacial score (nSPS) is 12.1. The highest BCUT2D eigenvalue weighted by molar-refractivity contribution is 5.50.